The van der Waals surface area contributed by atoms with Crippen molar-refractivity contribution in [2.45, 2.75) is 70.4 Å². The van der Waals surface area contributed by atoms with E-state index >= 15 is 0 Å². The van der Waals surface area contributed by atoms with Crippen LogP contribution in [0.3, 0.4) is 0 Å². The maximum absolute atomic E-state index is 12.2. The van der Waals surface area contributed by atoms with Crippen LogP contribution in [0.1, 0.15) is 57.4 Å². The number of carbonyl (C=O) groups is 2. The van der Waals surface area contributed by atoms with Crippen molar-refractivity contribution in [2.75, 3.05) is 13.2 Å². The Labute approximate surface area is 178 Å². The molecule has 5 nitrogen and oxygen atoms in total. The quantitative estimate of drug-likeness (QED) is 0.310. The molecule has 1 amide bonds. The molecule has 0 radical (unpaired) electrons. The Balaban J connectivity index is 1.72. The number of aliphatic hydroxyl groups excluding tert-OH is 1. The summed E-state index contributed by atoms with van der Waals surface area (Å²) in [6, 6.07) is 7.54. The lowest BCUT2D eigenvalue weighted by atomic mass is 10.1. The Bertz CT molecular complexity index is 691. The minimum atomic E-state index is -0.629. The summed E-state index contributed by atoms with van der Waals surface area (Å²) in [7, 11) is 0. The molecule has 6 heteroatoms. The molecular weight excluding hydrogens is 390 g/mol. The molecule has 1 N–H and O–H groups in total. The number of aliphatic hydroxyl groups is 1. The summed E-state index contributed by atoms with van der Waals surface area (Å²) in [6.07, 6.45) is 9.04. The van der Waals surface area contributed by atoms with E-state index in [1.807, 2.05) is 42.2 Å². The smallest absolute Gasteiger partial charge is 0.305 e. The molecule has 1 fully saturated rings. The average molecular weight is 422 g/mol. The zero-order valence-corrected chi connectivity index (χ0v) is 17.9. The third-order valence-corrected chi connectivity index (χ3v) is 5.52. The van der Waals surface area contributed by atoms with Gasteiger partial charge in [0.15, 0.2) is 0 Å². The highest BCUT2D eigenvalue weighted by Crippen LogP contribution is 2.22. The third kappa shape index (κ3) is 8.19. The van der Waals surface area contributed by atoms with Crippen LogP contribution < -0.4 is 0 Å². The first kappa shape index (κ1) is 23.4. The van der Waals surface area contributed by atoms with E-state index in [9.17, 15) is 14.7 Å². The van der Waals surface area contributed by atoms with E-state index in [4.69, 9.17) is 16.3 Å². The van der Waals surface area contributed by atoms with E-state index in [-0.39, 0.29) is 17.9 Å². The molecule has 2 atom stereocenters. The summed E-state index contributed by atoms with van der Waals surface area (Å²) < 4.78 is 4.92. The van der Waals surface area contributed by atoms with E-state index in [2.05, 4.69) is 0 Å². The first-order chi connectivity index (χ1) is 14.0. The second kappa shape index (κ2) is 12.7. The lowest BCUT2D eigenvalue weighted by Gasteiger charge is -2.22. The van der Waals surface area contributed by atoms with Crippen molar-refractivity contribution in [1.82, 2.24) is 4.90 Å². The van der Waals surface area contributed by atoms with Crippen LogP contribution in [0.15, 0.2) is 36.4 Å². The van der Waals surface area contributed by atoms with Crippen molar-refractivity contribution in [3.05, 3.63) is 47.0 Å². The number of ether oxygens (including phenoxy) is 1. The van der Waals surface area contributed by atoms with Crippen molar-refractivity contribution < 1.29 is 19.4 Å². The van der Waals surface area contributed by atoms with Crippen LogP contribution in [-0.4, -0.2) is 47.2 Å². The minimum absolute atomic E-state index is 0.0444. The molecule has 0 aromatic heterocycles. The summed E-state index contributed by atoms with van der Waals surface area (Å²) in [5.41, 5.74) is 0.911. The Morgan fingerprint density at radius 2 is 2.07 bits per heavy atom. The lowest BCUT2D eigenvalue weighted by molar-refractivity contribution is -0.143. The molecule has 2 rings (SSSR count). The van der Waals surface area contributed by atoms with E-state index in [1.54, 1.807) is 6.08 Å². The number of benzene rings is 1. The summed E-state index contributed by atoms with van der Waals surface area (Å²) in [4.78, 5) is 25.4. The molecule has 1 heterocycles. The number of hydrogen-bond acceptors (Lipinski definition) is 4. The van der Waals surface area contributed by atoms with Gasteiger partial charge in [-0.05, 0) is 37.8 Å². The molecule has 29 heavy (non-hydrogen) atoms. The normalized spacial score (nSPS) is 17.8. The van der Waals surface area contributed by atoms with Crippen molar-refractivity contribution in [3.8, 4) is 0 Å². The monoisotopic (exact) mass is 421 g/mol. The van der Waals surface area contributed by atoms with Gasteiger partial charge in [-0.2, -0.15) is 0 Å². The van der Waals surface area contributed by atoms with Crippen LogP contribution in [0.2, 0.25) is 5.02 Å². The number of carbonyl (C=O) groups excluding carboxylic acids is 2. The highest BCUT2D eigenvalue weighted by atomic mass is 35.5. The van der Waals surface area contributed by atoms with Crippen LogP contribution >= 0.6 is 11.6 Å². The van der Waals surface area contributed by atoms with Gasteiger partial charge in [0.05, 0.1) is 18.8 Å². The standard InChI is InChI=1S/C23H32ClNO4/c1-2-29-23(28)11-5-3-4-8-16-25-19(13-15-22(25)27)12-14-20(26)17-18-9-6-7-10-21(18)24/h6-7,9-10,12,14,19-20,26H,2-5,8,11,13,15-17H2,1H3/t19-,20+/m1/s1. The maximum Gasteiger partial charge on any atom is 0.305 e. The largest absolute Gasteiger partial charge is 0.466 e. The van der Waals surface area contributed by atoms with Crippen LogP contribution in [0.25, 0.3) is 0 Å². The predicted molar refractivity (Wildman–Crippen MR) is 115 cm³/mol. The van der Waals surface area contributed by atoms with Crippen molar-refractivity contribution in [3.63, 3.8) is 0 Å². The van der Waals surface area contributed by atoms with Crippen LogP contribution in [-0.2, 0) is 20.7 Å². The van der Waals surface area contributed by atoms with Gasteiger partial charge in [0.2, 0.25) is 5.91 Å². The fourth-order valence-electron chi connectivity index (χ4n) is 3.60. The molecule has 0 spiro atoms. The molecule has 160 valence electrons. The van der Waals surface area contributed by atoms with E-state index in [0.29, 0.717) is 37.4 Å². The second-order valence-corrected chi connectivity index (χ2v) is 7.82. The van der Waals surface area contributed by atoms with Crippen molar-refractivity contribution in [1.29, 1.82) is 0 Å². The van der Waals surface area contributed by atoms with Gasteiger partial charge in [-0.1, -0.05) is 54.8 Å². The fourth-order valence-corrected chi connectivity index (χ4v) is 3.81. The van der Waals surface area contributed by atoms with Gasteiger partial charge in [-0.25, -0.2) is 0 Å². The summed E-state index contributed by atoms with van der Waals surface area (Å²) in [5, 5.41) is 11.0. The molecule has 1 aromatic carbocycles. The zero-order valence-electron chi connectivity index (χ0n) is 17.2. The van der Waals surface area contributed by atoms with Crippen LogP contribution in [0, 0.1) is 0 Å². The Hall–Kier alpha value is -1.85. The second-order valence-electron chi connectivity index (χ2n) is 7.41. The number of likely N-dealkylation sites (tertiary alicyclic amines) is 1. The zero-order chi connectivity index (χ0) is 21.1. The van der Waals surface area contributed by atoms with Gasteiger partial charge in [0.25, 0.3) is 0 Å². The summed E-state index contributed by atoms with van der Waals surface area (Å²) in [6.45, 7) is 2.96. The first-order valence-corrected chi connectivity index (χ1v) is 10.9. The molecular formula is C23H32ClNO4. The molecule has 0 saturated carbocycles. The Morgan fingerprint density at radius 3 is 2.83 bits per heavy atom. The van der Waals surface area contributed by atoms with Gasteiger partial charge < -0.3 is 14.7 Å². The highest BCUT2D eigenvalue weighted by molar-refractivity contribution is 6.31. The van der Waals surface area contributed by atoms with Gasteiger partial charge in [0, 0.05) is 30.8 Å². The minimum Gasteiger partial charge on any atom is -0.466 e. The van der Waals surface area contributed by atoms with Crippen molar-refractivity contribution in [2.24, 2.45) is 0 Å². The van der Waals surface area contributed by atoms with Gasteiger partial charge >= 0.3 is 5.97 Å². The van der Waals surface area contributed by atoms with Crippen molar-refractivity contribution >= 4 is 23.5 Å². The highest BCUT2D eigenvalue weighted by Gasteiger charge is 2.28. The van der Waals surface area contributed by atoms with E-state index in [1.165, 1.54) is 0 Å². The van der Waals surface area contributed by atoms with Gasteiger partial charge in [0.1, 0.15) is 0 Å². The Kier molecular flexibility index (Phi) is 10.2. The molecule has 0 unspecified atom stereocenters. The number of amides is 1. The molecule has 0 aliphatic carbocycles. The number of unbranched alkanes of at least 4 members (excludes halogenated alkanes) is 3. The number of halogens is 1. The number of hydrogen-bond donors (Lipinski definition) is 1. The number of esters is 1. The number of nitrogens with zero attached hydrogens (tertiary/aromatic N) is 1. The van der Waals surface area contributed by atoms with Gasteiger partial charge in [-0.15, -0.1) is 0 Å². The molecule has 0 bridgehead atoms. The Morgan fingerprint density at radius 1 is 1.31 bits per heavy atom. The molecule has 1 aliphatic rings. The lowest BCUT2D eigenvalue weighted by Crippen LogP contribution is -2.32. The summed E-state index contributed by atoms with van der Waals surface area (Å²) >= 11 is 6.15. The average Bonchev–Trinajstić information content (AvgIpc) is 3.04. The maximum atomic E-state index is 12.2. The van der Waals surface area contributed by atoms with E-state index < -0.39 is 6.10 Å². The van der Waals surface area contributed by atoms with Gasteiger partial charge in [-0.3, -0.25) is 9.59 Å². The predicted octanol–water partition coefficient (Wildman–Crippen LogP) is 4.30. The van der Waals surface area contributed by atoms with E-state index in [0.717, 1.165) is 37.7 Å². The molecule has 1 aliphatic heterocycles. The van der Waals surface area contributed by atoms with Crippen LogP contribution in [0.5, 0.6) is 0 Å². The first-order valence-electron chi connectivity index (χ1n) is 10.6. The topological polar surface area (TPSA) is 66.8 Å². The molecule has 1 saturated heterocycles. The summed E-state index contributed by atoms with van der Waals surface area (Å²) in [5.74, 6) is 0.0366. The fraction of sp³-hybridized carbons (Fsp3) is 0.565. The SMILES string of the molecule is CCOC(=O)CCCCCCN1C(=O)CC[C@H]1C=C[C@H](O)Cc1ccccc1Cl. The third-order valence-electron chi connectivity index (χ3n) is 5.15. The van der Waals surface area contributed by atoms with Crippen LogP contribution in [0.4, 0.5) is 0 Å². The number of rotatable bonds is 12. The molecule has 1 aromatic rings.